The van der Waals surface area contributed by atoms with Gasteiger partial charge in [0.05, 0.1) is 23.7 Å². The molecule has 2 heterocycles. The zero-order valence-corrected chi connectivity index (χ0v) is 42.9. The van der Waals surface area contributed by atoms with Gasteiger partial charge < -0.3 is 50.6 Å². The van der Waals surface area contributed by atoms with Crippen LogP contribution in [0.25, 0.3) is 22.0 Å². The predicted molar refractivity (Wildman–Crippen MR) is 283 cm³/mol. The minimum atomic E-state index is -5.08. The number of pyridine rings is 1. The van der Waals surface area contributed by atoms with Crippen LogP contribution in [0.5, 0.6) is 5.75 Å². The van der Waals surface area contributed by atoms with E-state index in [1.807, 2.05) is 85.8 Å². The highest BCUT2D eigenvalue weighted by molar-refractivity contribution is 5.93. The number of piperidine rings is 1. The number of phenols is 1. The van der Waals surface area contributed by atoms with Crippen LogP contribution in [0.4, 0.5) is 42.5 Å². The number of amides is 3. The summed E-state index contributed by atoms with van der Waals surface area (Å²) in [6.07, 6.45) is -8.44. The summed E-state index contributed by atoms with van der Waals surface area (Å²) in [6, 6.07) is 39.9. The van der Waals surface area contributed by atoms with Crippen molar-refractivity contribution < 1.29 is 75.5 Å². The number of H-pyrrole nitrogens is 1. The zero-order valence-electron chi connectivity index (χ0n) is 42.9. The van der Waals surface area contributed by atoms with Crippen LogP contribution in [-0.2, 0) is 43.2 Å². The van der Waals surface area contributed by atoms with Crippen molar-refractivity contribution in [2.75, 3.05) is 50.0 Å². The number of carboxylic acids is 2. The van der Waals surface area contributed by atoms with E-state index in [2.05, 4.69) is 50.1 Å². The molecule has 17 nitrogen and oxygen atoms in total. The fourth-order valence-corrected chi connectivity index (χ4v) is 8.17. The minimum absolute atomic E-state index is 0.000284. The molecule has 0 radical (unpaired) electrons. The molecule has 2 atom stereocenters. The van der Waals surface area contributed by atoms with Crippen molar-refractivity contribution in [2.45, 2.75) is 76.1 Å². The number of nitrogens with zero attached hydrogens (tertiary/aromatic N) is 2. The van der Waals surface area contributed by atoms with Crippen LogP contribution in [0.2, 0.25) is 0 Å². The fourth-order valence-electron chi connectivity index (χ4n) is 8.17. The first kappa shape index (κ1) is 61.6. The number of fused-ring (bicyclic) bond motifs is 1. The number of aromatic amines is 1. The number of likely N-dealkylation sites (tertiary alicyclic amines) is 1. The summed E-state index contributed by atoms with van der Waals surface area (Å²) in [5.74, 6) is -5.61. The third-order valence-corrected chi connectivity index (χ3v) is 12.5. The van der Waals surface area contributed by atoms with Crippen LogP contribution < -0.4 is 26.4 Å². The van der Waals surface area contributed by atoms with Gasteiger partial charge >= 0.3 is 30.4 Å². The number of nitrogens with one attached hydrogen (secondary N) is 4. The molecule has 6 aromatic rings. The normalized spacial score (nSPS) is 13.6. The Bertz CT molecular complexity index is 3020. The number of carbonyl (C=O) groups is 5. The number of phenolic OH excluding ortho intramolecular Hbond substituents is 1. The molecule has 23 heteroatoms. The molecule has 1 saturated heterocycles. The second-order valence-electron chi connectivity index (χ2n) is 18.4. The summed E-state index contributed by atoms with van der Waals surface area (Å²) in [5, 5.41) is 44.9. The summed E-state index contributed by atoms with van der Waals surface area (Å²) in [6.45, 7) is 4.81. The van der Waals surface area contributed by atoms with Gasteiger partial charge in [-0.3, -0.25) is 19.7 Å². The second kappa shape index (κ2) is 28.9. The van der Waals surface area contributed by atoms with Crippen LogP contribution in [0.15, 0.2) is 132 Å². The average Bonchev–Trinajstić information content (AvgIpc) is 3.46. The van der Waals surface area contributed by atoms with Crippen molar-refractivity contribution in [3.05, 3.63) is 160 Å². The smallest absolute Gasteiger partial charge is 0.490 e. The number of aliphatic carboxylic acids is 2. The van der Waals surface area contributed by atoms with Gasteiger partial charge in [0.1, 0.15) is 11.9 Å². The molecular weight excluding hydrogens is 1050 g/mol. The van der Waals surface area contributed by atoms with Gasteiger partial charge in [-0.05, 0) is 85.2 Å². The number of aromatic hydroxyl groups is 1. The molecule has 5 aromatic carbocycles. The van der Waals surface area contributed by atoms with E-state index in [1.54, 1.807) is 30.1 Å². The fraction of sp³-hybridized carbons (Fsp3) is 0.321. The maximum atomic E-state index is 13.1. The minimum Gasteiger partial charge on any atom is -0.506 e. The summed E-state index contributed by atoms with van der Waals surface area (Å²) in [4.78, 5) is 75.6. The number of carbonyl (C=O) groups excluding carboxylic acids is 3. The molecule has 0 aliphatic carbocycles. The highest BCUT2D eigenvalue weighted by atomic mass is 19.4. The van der Waals surface area contributed by atoms with Crippen molar-refractivity contribution in [2.24, 2.45) is 0 Å². The van der Waals surface area contributed by atoms with Gasteiger partial charge in [-0.2, -0.15) is 26.3 Å². The molecule has 1 aromatic heterocycles. The molecule has 79 heavy (non-hydrogen) atoms. The number of aromatic nitrogens is 1. The van der Waals surface area contributed by atoms with Crippen LogP contribution in [0.1, 0.15) is 54.5 Å². The predicted octanol–water partition coefficient (Wildman–Crippen LogP) is 8.39. The Labute approximate surface area is 449 Å². The van der Waals surface area contributed by atoms with Crippen molar-refractivity contribution in [1.29, 1.82) is 0 Å². The van der Waals surface area contributed by atoms with Gasteiger partial charge in [-0.15, -0.1) is 0 Å². The van der Waals surface area contributed by atoms with Crippen molar-refractivity contribution in [3.63, 3.8) is 0 Å². The lowest BCUT2D eigenvalue weighted by Crippen LogP contribution is -2.40. The lowest BCUT2D eigenvalue weighted by molar-refractivity contribution is -0.193. The molecule has 1 aliphatic heterocycles. The first-order valence-electron chi connectivity index (χ1n) is 24.8. The van der Waals surface area contributed by atoms with E-state index in [-0.39, 0.29) is 48.2 Å². The molecule has 0 unspecified atom stereocenters. The van der Waals surface area contributed by atoms with Crippen molar-refractivity contribution in [1.82, 2.24) is 20.5 Å². The maximum Gasteiger partial charge on any atom is 0.490 e. The van der Waals surface area contributed by atoms with E-state index < -0.39 is 42.0 Å². The molecular formula is C56H60F6N6O11. The monoisotopic (exact) mass is 1110 g/mol. The van der Waals surface area contributed by atoms with Gasteiger partial charge in [0.2, 0.25) is 11.8 Å². The highest BCUT2D eigenvalue weighted by Crippen LogP contribution is 2.29. The van der Waals surface area contributed by atoms with Gasteiger partial charge in [0.15, 0.2) is 0 Å². The largest absolute Gasteiger partial charge is 0.506 e. The summed E-state index contributed by atoms with van der Waals surface area (Å²) < 4.78 is 69.2. The zero-order chi connectivity index (χ0) is 57.9. The lowest BCUT2D eigenvalue weighted by atomic mass is 10.0. The van der Waals surface area contributed by atoms with Crippen LogP contribution in [-0.4, -0.2) is 124 Å². The highest BCUT2D eigenvalue weighted by Gasteiger charge is 2.39. The Kier molecular flexibility index (Phi) is 22.5. The van der Waals surface area contributed by atoms with E-state index in [4.69, 9.17) is 24.5 Å². The SMILES string of the molecule is C[C@H](Cc1ccc(CCNC(=O)Cc2ccc(N(C)C(=O)CCN3CCC(OC(=O)Nc4ccccc4-c4ccccc4)CC3)cc2)cc1)NC[C@H](O)c1cc2cccc(O)c2[nH]c1=O.O=C(O)C(F)(F)F.O=C(O)C(F)(F)F. The van der Waals surface area contributed by atoms with Crippen LogP contribution in [0, 0.1) is 0 Å². The van der Waals surface area contributed by atoms with E-state index in [9.17, 15) is 55.7 Å². The van der Waals surface area contributed by atoms with E-state index in [0.29, 0.717) is 55.4 Å². The standard InChI is InChI=1S/C52H58N6O7.2C2HF3O2/c1-35(54-34-47(60)44-33-40-11-8-14-46(59)50(40)56-51(44)63)31-37-17-15-36(16-18-37)23-27-53-48(61)32-38-19-21-41(22-20-38)57(2)49(62)26-30-58-28-24-42(25-29-58)65-52(64)55-45-13-7-6-12-43(45)39-9-4-3-5-10-39;2*3-2(4,5)1(6)7/h3-22,33,35,42,47,54,59-60H,23-32,34H2,1-2H3,(H,53,61)(H,55,64)(H,56,63);2*(H,6,7)/t35-,47+;;/m1../s1. The molecule has 3 amide bonds. The number of aliphatic hydroxyl groups is 1. The number of hydrogen-bond acceptors (Lipinski definition) is 11. The Balaban J connectivity index is 0.000000725. The number of ether oxygens (including phenoxy) is 1. The molecule has 1 aliphatic rings. The molecule has 8 N–H and O–H groups in total. The molecule has 0 saturated carbocycles. The third-order valence-electron chi connectivity index (χ3n) is 12.5. The van der Waals surface area contributed by atoms with Gasteiger partial charge in [0, 0.05) is 74.4 Å². The van der Waals surface area contributed by atoms with Crippen molar-refractivity contribution >= 4 is 52.1 Å². The second-order valence-corrected chi connectivity index (χ2v) is 18.4. The topological polar surface area (TPSA) is 251 Å². The van der Waals surface area contributed by atoms with Crippen LogP contribution in [0.3, 0.4) is 0 Å². The number of benzene rings is 5. The number of alkyl halides is 6. The number of anilines is 2. The first-order chi connectivity index (χ1) is 37.4. The molecule has 0 spiro atoms. The number of aliphatic hydroxyl groups excluding tert-OH is 1. The quantitative estimate of drug-likeness (QED) is 0.0377. The van der Waals surface area contributed by atoms with Gasteiger partial charge in [-0.1, -0.05) is 97.1 Å². The number of halogens is 6. The summed E-state index contributed by atoms with van der Waals surface area (Å²) in [7, 11) is 1.77. The Morgan fingerprint density at radius 1 is 0.785 bits per heavy atom. The van der Waals surface area contributed by atoms with E-state index >= 15 is 0 Å². The molecule has 0 bridgehead atoms. The van der Waals surface area contributed by atoms with Crippen LogP contribution >= 0.6 is 0 Å². The number of para-hydroxylation sites is 2. The van der Waals surface area contributed by atoms with Gasteiger partial charge in [-0.25, -0.2) is 14.4 Å². The third kappa shape index (κ3) is 19.9. The maximum absolute atomic E-state index is 13.1. The number of carboxylic acid groups (broad SMARTS) is 2. The summed E-state index contributed by atoms with van der Waals surface area (Å²) in [5.41, 5.74) is 6.64. The molecule has 7 rings (SSSR count). The Hall–Kier alpha value is -8.28. The Morgan fingerprint density at radius 2 is 1.37 bits per heavy atom. The summed E-state index contributed by atoms with van der Waals surface area (Å²) >= 11 is 0. The number of hydrogen-bond donors (Lipinski definition) is 8. The average molecular weight is 1110 g/mol. The van der Waals surface area contributed by atoms with E-state index in [1.165, 1.54) is 6.07 Å². The lowest BCUT2D eigenvalue weighted by Gasteiger charge is -2.31. The Morgan fingerprint density at radius 3 is 1.99 bits per heavy atom. The molecule has 422 valence electrons. The molecule has 1 fully saturated rings. The van der Waals surface area contributed by atoms with E-state index in [0.717, 1.165) is 53.0 Å². The van der Waals surface area contributed by atoms with Gasteiger partial charge in [0.25, 0.3) is 5.56 Å². The number of rotatable bonds is 18. The first-order valence-corrected chi connectivity index (χ1v) is 24.8. The van der Waals surface area contributed by atoms with Crippen molar-refractivity contribution in [3.8, 4) is 16.9 Å².